The second-order valence-corrected chi connectivity index (χ2v) is 4.94. The molecule has 2 aromatic heterocycles. The summed E-state index contributed by atoms with van der Waals surface area (Å²) >= 11 is 5.69. The van der Waals surface area contributed by atoms with E-state index in [1.54, 1.807) is 23.2 Å². The number of hydrogen-bond donors (Lipinski definition) is 0. The summed E-state index contributed by atoms with van der Waals surface area (Å²) in [5.41, 5.74) is 0. The molecule has 20 heavy (non-hydrogen) atoms. The molecule has 0 bridgehead atoms. The maximum absolute atomic E-state index is 12.2. The molecule has 5 nitrogen and oxygen atoms in total. The number of furan rings is 1. The zero-order chi connectivity index (χ0) is 13.9. The fourth-order valence-electron chi connectivity index (χ4n) is 2.26. The number of nitrogens with zero attached hydrogens (tertiary/aromatic N) is 3. The van der Waals surface area contributed by atoms with Crippen molar-refractivity contribution in [1.29, 1.82) is 0 Å². The van der Waals surface area contributed by atoms with Crippen LogP contribution in [-0.4, -0.2) is 42.0 Å². The molecule has 6 heteroatoms. The van der Waals surface area contributed by atoms with Gasteiger partial charge >= 0.3 is 0 Å². The predicted molar refractivity (Wildman–Crippen MR) is 76.1 cm³/mol. The Morgan fingerprint density at radius 1 is 1.15 bits per heavy atom. The number of rotatable bonds is 2. The van der Waals surface area contributed by atoms with Gasteiger partial charge in [-0.25, -0.2) is 4.98 Å². The van der Waals surface area contributed by atoms with Gasteiger partial charge in [-0.2, -0.15) is 0 Å². The normalized spacial score (nSPS) is 15.4. The second-order valence-electron chi connectivity index (χ2n) is 4.57. The van der Waals surface area contributed by atoms with Crippen LogP contribution in [0.1, 0.15) is 10.6 Å². The van der Waals surface area contributed by atoms with Crippen LogP contribution in [0.3, 0.4) is 0 Å². The molecule has 0 atom stereocenters. The molecular formula is C14H14ClN3O2. The maximum Gasteiger partial charge on any atom is 0.289 e. The zero-order valence-corrected chi connectivity index (χ0v) is 11.6. The van der Waals surface area contributed by atoms with Gasteiger partial charge in [0, 0.05) is 32.4 Å². The van der Waals surface area contributed by atoms with E-state index in [1.807, 2.05) is 18.2 Å². The van der Waals surface area contributed by atoms with Crippen LogP contribution in [0.5, 0.6) is 0 Å². The summed E-state index contributed by atoms with van der Waals surface area (Å²) < 4.78 is 5.16. The van der Waals surface area contributed by atoms with E-state index < -0.39 is 0 Å². The Hall–Kier alpha value is -2.01. The van der Waals surface area contributed by atoms with E-state index in [4.69, 9.17) is 16.0 Å². The van der Waals surface area contributed by atoms with Crippen LogP contribution < -0.4 is 4.90 Å². The highest BCUT2D eigenvalue weighted by Crippen LogP contribution is 2.17. The quantitative estimate of drug-likeness (QED) is 0.852. The Kier molecular flexibility index (Phi) is 3.60. The molecule has 2 aromatic rings. The van der Waals surface area contributed by atoms with Crippen molar-refractivity contribution < 1.29 is 9.21 Å². The predicted octanol–water partition coefficient (Wildman–Crippen LogP) is 2.29. The maximum atomic E-state index is 12.2. The van der Waals surface area contributed by atoms with E-state index in [9.17, 15) is 4.79 Å². The molecule has 104 valence electrons. The Bertz CT molecular complexity index is 591. The third-order valence-electron chi connectivity index (χ3n) is 3.32. The lowest BCUT2D eigenvalue weighted by atomic mass is 10.2. The molecule has 0 N–H and O–H groups in total. The van der Waals surface area contributed by atoms with Crippen molar-refractivity contribution in [3.8, 4) is 0 Å². The highest BCUT2D eigenvalue weighted by molar-refractivity contribution is 6.29. The van der Waals surface area contributed by atoms with Crippen LogP contribution in [0.15, 0.2) is 40.9 Å². The largest absolute Gasteiger partial charge is 0.440 e. The Morgan fingerprint density at radius 3 is 2.55 bits per heavy atom. The Morgan fingerprint density at radius 2 is 1.95 bits per heavy atom. The van der Waals surface area contributed by atoms with E-state index in [1.165, 1.54) is 0 Å². The number of halogens is 1. The van der Waals surface area contributed by atoms with E-state index in [2.05, 4.69) is 9.88 Å². The van der Waals surface area contributed by atoms with Crippen molar-refractivity contribution in [2.45, 2.75) is 0 Å². The third-order valence-corrected chi connectivity index (χ3v) is 3.53. The minimum atomic E-state index is -0.113. The summed E-state index contributed by atoms with van der Waals surface area (Å²) in [5, 5.41) is 0.237. The third kappa shape index (κ3) is 2.63. The smallest absolute Gasteiger partial charge is 0.289 e. The van der Waals surface area contributed by atoms with Crippen molar-refractivity contribution in [2.24, 2.45) is 0 Å². The van der Waals surface area contributed by atoms with E-state index in [0.717, 1.165) is 18.9 Å². The van der Waals surface area contributed by atoms with Gasteiger partial charge in [0.05, 0.1) is 0 Å². The first kappa shape index (κ1) is 13.0. The average molecular weight is 292 g/mol. The van der Waals surface area contributed by atoms with E-state index >= 15 is 0 Å². The number of carbonyl (C=O) groups excluding carboxylic acids is 1. The minimum absolute atomic E-state index is 0.113. The number of piperazine rings is 1. The molecule has 3 heterocycles. The molecule has 1 aliphatic rings. The van der Waals surface area contributed by atoms with E-state index in [-0.39, 0.29) is 11.1 Å². The van der Waals surface area contributed by atoms with Crippen LogP contribution in [0.25, 0.3) is 0 Å². The first-order valence-corrected chi connectivity index (χ1v) is 6.82. The topological polar surface area (TPSA) is 49.6 Å². The van der Waals surface area contributed by atoms with Crippen LogP contribution >= 0.6 is 11.6 Å². The van der Waals surface area contributed by atoms with Crippen LogP contribution in [0.4, 0.5) is 5.82 Å². The van der Waals surface area contributed by atoms with Gasteiger partial charge in [-0.15, -0.1) is 0 Å². The summed E-state index contributed by atoms with van der Waals surface area (Å²) in [6, 6.07) is 9.02. The highest BCUT2D eigenvalue weighted by atomic mass is 35.5. The van der Waals surface area contributed by atoms with Crippen LogP contribution in [0, 0.1) is 0 Å². The minimum Gasteiger partial charge on any atom is -0.440 e. The van der Waals surface area contributed by atoms with Gasteiger partial charge in [0.15, 0.2) is 11.0 Å². The second kappa shape index (κ2) is 5.54. The average Bonchev–Trinajstić information content (AvgIpc) is 2.94. The first-order chi connectivity index (χ1) is 9.74. The molecule has 3 rings (SSSR count). The Labute approximate surface area is 121 Å². The molecule has 1 aliphatic heterocycles. The SMILES string of the molecule is O=C(c1ccc(Cl)o1)N1CCN(c2ccccn2)CC1. The molecule has 0 unspecified atom stereocenters. The molecule has 0 spiro atoms. The number of hydrogen-bond acceptors (Lipinski definition) is 4. The standard InChI is InChI=1S/C14H14ClN3O2/c15-12-5-4-11(20-12)14(19)18-9-7-17(8-10-18)13-3-1-2-6-16-13/h1-6H,7-10H2. The van der Waals surface area contributed by atoms with Gasteiger partial charge in [0.25, 0.3) is 5.91 Å². The molecule has 0 aliphatic carbocycles. The fraction of sp³-hybridized carbons (Fsp3) is 0.286. The van der Waals surface area contributed by atoms with Gasteiger partial charge < -0.3 is 14.2 Å². The molecule has 0 aromatic carbocycles. The molecule has 1 amide bonds. The lowest BCUT2D eigenvalue weighted by Crippen LogP contribution is -2.49. The van der Waals surface area contributed by atoms with Gasteiger partial charge in [-0.3, -0.25) is 4.79 Å². The fourth-order valence-corrected chi connectivity index (χ4v) is 2.41. The van der Waals surface area contributed by atoms with Crippen molar-refractivity contribution in [3.63, 3.8) is 0 Å². The number of amides is 1. The van der Waals surface area contributed by atoms with Gasteiger partial charge in [-0.05, 0) is 35.9 Å². The summed E-state index contributed by atoms with van der Waals surface area (Å²) in [7, 11) is 0. The van der Waals surface area contributed by atoms with Crippen molar-refractivity contribution in [1.82, 2.24) is 9.88 Å². The monoisotopic (exact) mass is 291 g/mol. The Balaban J connectivity index is 1.63. The number of carbonyl (C=O) groups is 1. The summed E-state index contributed by atoms with van der Waals surface area (Å²) in [6.07, 6.45) is 1.78. The summed E-state index contributed by atoms with van der Waals surface area (Å²) in [4.78, 5) is 20.5. The van der Waals surface area contributed by atoms with Gasteiger partial charge in [0.1, 0.15) is 5.82 Å². The van der Waals surface area contributed by atoms with Crippen LogP contribution in [-0.2, 0) is 0 Å². The van der Waals surface area contributed by atoms with Crippen molar-refractivity contribution in [2.75, 3.05) is 31.1 Å². The number of aromatic nitrogens is 1. The number of anilines is 1. The first-order valence-electron chi connectivity index (χ1n) is 6.44. The highest BCUT2D eigenvalue weighted by Gasteiger charge is 2.24. The molecule has 0 saturated carbocycles. The molecular weight excluding hydrogens is 278 g/mol. The zero-order valence-electron chi connectivity index (χ0n) is 10.8. The molecule has 1 saturated heterocycles. The van der Waals surface area contributed by atoms with Gasteiger partial charge in [-0.1, -0.05) is 6.07 Å². The summed E-state index contributed by atoms with van der Waals surface area (Å²) in [5.74, 6) is 1.12. The molecule has 1 fully saturated rings. The van der Waals surface area contributed by atoms with E-state index in [0.29, 0.717) is 18.8 Å². The van der Waals surface area contributed by atoms with Crippen molar-refractivity contribution >= 4 is 23.3 Å². The molecule has 0 radical (unpaired) electrons. The number of pyridine rings is 1. The van der Waals surface area contributed by atoms with Crippen LogP contribution in [0.2, 0.25) is 5.22 Å². The lowest BCUT2D eigenvalue weighted by molar-refractivity contribution is 0.0714. The lowest BCUT2D eigenvalue weighted by Gasteiger charge is -2.34. The van der Waals surface area contributed by atoms with Crippen molar-refractivity contribution in [3.05, 3.63) is 47.5 Å². The summed E-state index contributed by atoms with van der Waals surface area (Å²) in [6.45, 7) is 2.82. The van der Waals surface area contributed by atoms with Gasteiger partial charge in [0.2, 0.25) is 0 Å².